The fourth-order valence-corrected chi connectivity index (χ4v) is 2.11. The fraction of sp³-hybridized carbons (Fsp3) is 0.278. The van der Waals surface area contributed by atoms with Gasteiger partial charge in [0.2, 0.25) is 0 Å². The average molecular weight is 346 g/mol. The van der Waals surface area contributed by atoms with Crippen molar-refractivity contribution in [3.63, 3.8) is 0 Å². The zero-order chi connectivity index (χ0) is 17.7. The molecule has 6 heteroatoms. The molecule has 1 aromatic carbocycles. The lowest BCUT2D eigenvalue weighted by molar-refractivity contribution is 0.0919. The van der Waals surface area contributed by atoms with Crippen LogP contribution in [-0.4, -0.2) is 22.3 Å². The number of nitrogens with zero attached hydrogens (tertiary/aromatic N) is 1. The summed E-state index contributed by atoms with van der Waals surface area (Å²) < 4.78 is 0. The van der Waals surface area contributed by atoms with Crippen LogP contribution in [0.4, 0.5) is 0 Å². The lowest BCUT2D eigenvalue weighted by atomic mass is 10.1. The van der Waals surface area contributed by atoms with E-state index in [1.165, 1.54) is 18.5 Å². The van der Waals surface area contributed by atoms with Crippen molar-refractivity contribution in [1.29, 1.82) is 0 Å². The summed E-state index contributed by atoms with van der Waals surface area (Å²) in [6.45, 7) is 6.04. The Labute approximate surface area is 146 Å². The molecule has 0 unspecified atom stereocenters. The molecule has 0 aliphatic rings. The second kappa shape index (κ2) is 7.45. The Morgan fingerprint density at radius 3 is 2.21 bits per heavy atom. The van der Waals surface area contributed by atoms with Gasteiger partial charge in [0.25, 0.3) is 11.8 Å². The van der Waals surface area contributed by atoms with E-state index < -0.39 is 0 Å². The van der Waals surface area contributed by atoms with Gasteiger partial charge in [-0.1, -0.05) is 23.7 Å². The summed E-state index contributed by atoms with van der Waals surface area (Å²) in [6, 6.07) is 8.75. The van der Waals surface area contributed by atoms with Gasteiger partial charge in [0, 0.05) is 29.5 Å². The van der Waals surface area contributed by atoms with Crippen molar-refractivity contribution in [2.75, 3.05) is 0 Å². The van der Waals surface area contributed by atoms with Gasteiger partial charge < -0.3 is 10.6 Å². The summed E-state index contributed by atoms with van der Waals surface area (Å²) >= 11 is 5.83. The number of nitrogens with one attached hydrogen (secondary N) is 2. The molecule has 0 saturated heterocycles. The van der Waals surface area contributed by atoms with E-state index >= 15 is 0 Å². The van der Waals surface area contributed by atoms with Crippen LogP contribution in [0, 0.1) is 0 Å². The SMILES string of the molecule is CC(C)(C)NC(=O)c1cncc(C(=O)NCc2ccc(Cl)cc2)c1. The molecular weight excluding hydrogens is 326 g/mol. The summed E-state index contributed by atoms with van der Waals surface area (Å²) in [4.78, 5) is 28.4. The molecule has 126 valence electrons. The normalized spacial score (nSPS) is 11.0. The van der Waals surface area contributed by atoms with Crippen LogP contribution in [0.1, 0.15) is 47.1 Å². The van der Waals surface area contributed by atoms with Gasteiger partial charge in [0.1, 0.15) is 0 Å². The first-order valence-electron chi connectivity index (χ1n) is 7.55. The number of benzene rings is 1. The van der Waals surface area contributed by atoms with Crippen LogP contribution in [0.25, 0.3) is 0 Å². The van der Waals surface area contributed by atoms with Crippen LogP contribution in [0.2, 0.25) is 5.02 Å². The van der Waals surface area contributed by atoms with Crippen molar-refractivity contribution in [3.8, 4) is 0 Å². The van der Waals surface area contributed by atoms with Crippen molar-refractivity contribution < 1.29 is 9.59 Å². The number of hydrogen-bond acceptors (Lipinski definition) is 3. The lowest BCUT2D eigenvalue weighted by Gasteiger charge is -2.20. The van der Waals surface area contributed by atoms with Gasteiger partial charge in [0.15, 0.2) is 0 Å². The number of rotatable bonds is 4. The van der Waals surface area contributed by atoms with Gasteiger partial charge in [-0.05, 0) is 44.5 Å². The van der Waals surface area contributed by atoms with Crippen LogP contribution < -0.4 is 10.6 Å². The third-order valence-corrected chi connectivity index (χ3v) is 3.37. The Morgan fingerprint density at radius 2 is 1.62 bits per heavy atom. The second-order valence-electron chi connectivity index (χ2n) is 6.48. The van der Waals surface area contributed by atoms with Crippen LogP contribution in [-0.2, 0) is 6.54 Å². The Kier molecular flexibility index (Phi) is 5.57. The van der Waals surface area contributed by atoms with Gasteiger partial charge in [-0.15, -0.1) is 0 Å². The number of halogens is 1. The monoisotopic (exact) mass is 345 g/mol. The molecule has 5 nitrogen and oxygen atoms in total. The largest absolute Gasteiger partial charge is 0.348 e. The van der Waals surface area contributed by atoms with Crippen LogP contribution in [0.3, 0.4) is 0 Å². The van der Waals surface area contributed by atoms with E-state index in [1.54, 1.807) is 12.1 Å². The van der Waals surface area contributed by atoms with E-state index in [1.807, 2.05) is 32.9 Å². The molecule has 0 fully saturated rings. The molecule has 1 heterocycles. The Hall–Kier alpha value is -2.40. The van der Waals surface area contributed by atoms with Crippen LogP contribution in [0.15, 0.2) is 42.7 Å². The molecule has 1 aromatic heterocycles. The summed E-state index contributed by atoms with van der Waals surface area (Å²) in [5.74, 6) is -0.551. The standard InChI is InChI=1S/C18H20ClN3O2/c1-18(2,3)22-17(24)14-8-13(10-20-11-14)16(23)21-9-12-4-6-15(19)7-5-12/h4-8,10-11H,9H2,1-3H3,(H,21,23)(H,22,24). The first-order chi connectivity index (χ1) is 11.2. The lowest BCUT2D eigenvalue weighted by Crippen LogP contribution is -2.40. The number of pyridine rings is 1. The first-order valence-corrected chi connectivity index (χ1v) is 7.92. The first kappa shape index (κ1) is 17.9. The third-order valence-electron chi connectivity index (χ3n) is 3.12. The Bertz CT molecular complexity index is 737. The highest BCUT2D eigenvalue weighted by molar-refractivity contribution is 6.30. The molecule has 0 saturated carbocycles. The van der Waals surface area contributed by atoms with E-state index in [-0.39, 0.29) is 17.4 Å². The highest BCUT2D eigenvalue weighted by Gasteiger charge is 2.17. The molecule has 0 aliphatic carbocycles. The van der Waals surface area contributed by atoms with E-state index in [0.29, 0.717) is 22.7 Å². The molecule has 0 aliphatic heterocycles. The third kappa shape index (κ3) is 5.35. The number of hydrogen-bond donors (Lipinski definition) is 2. The molecule has 2 aromatic rings. The van der Waals surface area contributed by atoms with Crippen molar-refractivity contribution in [2.45, 2.75) is 32.9 Å². The Balaban J connectivity index is 2.03. The molecule has 24 heavy (non-hydrogen) atoms. The minimum atomic E-state index is -0.357. The number of aromatic nitrogens is 1. The van der Waals surface area contributed by atoms with Crippen molar-refractivity contribution in [1.82, 2.24) is 15.6 Å². The van der Waals surface area contributed by atoms with Crippen LogP contribution >= 0.6 is 11.6 Å². The van der Waals surface area contributed by atoms with Gasteiger partial charge in [-0.2, -0.15) is 0 Å². The van der Waals surface area contributed by atoms with Crippen molar-refractivity contribution in [3.05, 3.63) is 64.4 Å². The van der Waals surface area contributed by atoms with Gasteiger partial charge in [0.05, 0.1) is 11.1 Å². The highest BCUT2D eigenvalue weighted by Crippen LogP contribution is 2.10. The molecule has 0 spiro atoms. The fourth-order valence-electron chi connectivity index (χ4n) is 1.99. The van der Waals surface area contributed by atoms with E-state index in [9.17, 15) is 9.59 Å². The number of carbonyl (C=O) groups excluding carboxylic acids is 2. The minimum absolute atomic E-state index is 0.262. The molecule has 2 amide bonds. The van der Waals surface area contributed by atoms with E-state index in [2.05, 4.69) is 15.6 Å². The van der Waals surface area contributed by atoms with Gasteiger partial charge in [-0.25, -0.2) is 0 Å². The minimum Gasteiger partial charge on any atom is -0.348 e. The van der Waals surface area contributed by atoms with Crippen molar-refractivity contribution in [2.24, 2.45) is 0 Å². The molecule has 0 bridgehead atoms. The molecule has 0 radical (unpaired) electrons. The van der Waals surface area contributed by atoms with Crippen molar-refractivity contribution >= 4 is 23.4 Å². The molecule has 2 N–H and O–H groups in total. The average Bonchev–Trinajstić information content (AvgIpc) is 2.52. The number of carbonyl (C=O) groups is 2. The topological polar surface area (TPSA) is 71.1 Å². The maximum absolute atomic E-state index is 12.2. The predicted octanol–water partition coefficient (Wildman–Crippen LogP) is 3.19. The zero-order valence-corrected chi connectivity index (χ0v) is 14.6. The zero-order valence-electron chi connectivity index (χ0n) is 13.9. The summed E-state index contributed by atoms with van der Waals surface area (Å²) in [7, 11) is 0. The second-order valence-corrected chi connectivity index (χ2v) is 6.91. The van der Waals surface area contributed by atoms with Gasteiger partial charge in [-0.3, -0.25) is 14.6 Å². The quantitative estimate of drug-likeness (QED) is 0.894. The van der Waals surface area contributed by atoms with Crippen LogP contribution in [0.5, 0.6) is 0 Å². The van der Waals surface area contributed by atoms with E-state index in [4.69, 9.17) is 11.6 Å². The smallest absolute Gasteiger partial charge is 0.253 e. The number of amides is 2. The molecular formula is C18H20ClN3O2. The van der Waals surface area contributed by atoms with E-state index in [0.717, 1.165) is 5.56 Å². The maximum atomic E-state index is 12.2. The summed E-state index contributed by atoms with van der Waals surface area (Å²) in [5, 5.41) is 6.28. The Morgan fingerprint density at radius 1 is 1.04 bits per heavy atom. The predicted molar refractivity (Wildman–Crippen MR) is 94.1 cm³/mol. The van der Waals surface area contributed by atoms with Gasteiger partial charge >= 0.3 is 0 Å². The summed E-state index contributed by atoms with van der Waals surface area (Å²) in [6.07, 6.45) is 2.88. The molecule has 0 atom stereocenters. The highest BCUT2D eigenvalue weighted by atomic mass is 35.5. The molecule has 2 rings (SSSR count). The summed E-state index contributed by atoms with van der Waals surface area (Å²) in [5.41, 5.74) is 1.26. The maximum Gasteiger partial charge on any atom is 0.253 e.